The van der Waals surface area contributed by atoms with E-state index in [1.54, 1.807) is 0 Å². The van der Waals surface area contributed by atoms with Crippen LogP contribution in [0.1, 0.15) is 32.3 Å². The third-order valence-electron chi connectivity index (χ3n) is 2.96. The first-order valence-electron chi connectivity index (χ1n) is 7.28. The Morgan fingerprint density at radius 1 is 1.25 bits per heavy atom. The Hall–Kier alpha value is -1.39. The highest BCUT2D eigenvalue weighted by Gasteiger charge is 2.12. The van der Waals surface area contributed by atoms with Gasteiger partial charge >= 0.3 is 0 Å². The maximum absolute atomic E-state index is 11.8. The predicted octanol–water partition coefficient (Wildman–Crippen LogP) is 1.88. The Morgan fingerprint density at radius 3 is 2.60 bits per heavy atom. The Bertz CT molecular complexity index is 379. The first kappa shape index (κ1) is 16.7. The van der Waals surface area contributed by atoms with Gasteiger partial charge in [-0.1, -0.05) is 30.3 Å². The second kappa shape index (κ2) is 9.50. The fourth-order valence-electron chi connectivity index (χ4n) is 1.85. The van der Waals surface area contributed by atoms with E-state index in [0.717, 1.165) is 25.0 Å². The van der Waals surface area contributed by atoms with Crippen molar-refractivity contribution in [2.45, 2.75) is 45.3 Å². The summed E-state index contributed by atoms with van der Waals surface area (Å²) in [7, 11) is 0. The Morgan fingerprint density at radius 2 is 1.95 bits per heavy atom. The van der Waals surface area contributed by atoms with Crippen molar-refractivity contribution < 1.29 is 9.53 Å². The molecule has 1 rings (SSSR count). The largest absolute Gasteiger partial charge is 0.379 e. The Labute approximate surface area is 121 Å². The highest BCUT2D eigenvalue weighted by molar-refractivity contribution is 5.81. The number of nitrogens with one attached hydrogen (secondary N) is 1. The zero-order chi connectivity index (χ0) is 14.8. The van der Waals surface area contributed by atoms with Gasteiger partial charge in [0.15, 0.2) is 0 Å². The number of carbonyl (C=O) groups is 1. The molecule has 0 fully saturated rings. The Balaban J connectivity index is 2.13. The van der Waals surface area contributed by atoms with E-state index in [-0.39, 0.29) is 12.0 Å². The highest BCUT2D eigenvalue weighted by atomic mass is 16.5. The van der Waals surface area contributed by atoms with Gasteiger partial charge in [0.05, 0.1) is 12.1 Å². The maximum Gasteiger partial charge on any atom is 0.237 e. The van der Waals surface area contributed by atoms with E-state index in [1.165, 1.54) is 0 Å². The van der Waals surface area contributed by atoms with Crippen molar-refractivity contribution in [2.24, 2.45) is 5.73 Å². The van der Waals surface area contributed by atoms with Crippen LogP contribution in [-0.2, 0) is 16.0 Å². The SMILES string of the molecule is CC(C)OCCCCNC(=O)C(N)Cc1ccccc1. The van der Waals surface area contributed by atoms with E-state index in [4.69, 9.17) is 10.5 Å². The molecule has 1 amide bonds. The summed E-state index contributed by atoms with van der Waals surface area (Å²) < 4.78 is 5.44. The van der Waals surface area contributed by atoms with E-state index < -0.39 is 6.04 Å². The van der Waals surface area contributed by atoms with Crippen LogP contribution in [0.3, 0.4) is 0 Å². The van der Waals surface area contributed by atoms with Gasteiger partial charge in [-0.3, -0.25) is 4.79 Å². The van der Waals surface area contributed by atoms with Crippen molar-refractivity contribution in [1.82, 2.24) is 5.32 Å². The van der Waals surface area contributed by atoms with Crippen LogP contribution >= 0.6 is 0 Å². The summed E-state index contributed by atoms with van der Waals surface area (Å²) in [6.07, 6.45) is 2.70. The molecule has 0 bridgehead atoms. The molecular weight excluding hydrogens is 252 g/mol. The van der Waals surface area contributed by atoms with Crippen LogP contribution in [-0.4, -0.2) is 31.2 Å². The molecule has 0 saturated carbocycles. The van der Waals surface area contributed by atoms with Gasteiger partial charge in [-0.05, 0) is 38.7 Å². The van der Waals surface area contributed by atoms with Crippen LogP contribution in [0.4, 0.5) is 0 Å². The predicted molar refractivity (Wildman–Crippen MR) is 81.5 cm³/mol. The number of unbranched alkanes of at least 4 members (excludes halogenated alkanes) is 1. The number of ether oxygens (including phenoxy) is 1. The van der Waals surface area contributed by atoms with Crippen molar-refractivity contribution in [2.75, 3.05) is 13.2 Å². The zero-order valence-electron chi connectivity index (χ0n) is 12.5. The molecule has 0 aromatic heterocycles. The van der Waals surface area contributed by atoms with E-state index in [9.17, 15) is 4.79 Å². The molecule has 1 aromatic rings. The molecule has 0 spiro atoms. The minimum absolute atomic E-state index is 0.0846. The summed E-state index contributed by atoms with van der Waals surface area (Å²) in [6, 6.07) is 9.34. The molecule has 1 aromatic carbocycles. The highest BCUT2D eigenvalue weighted by Crippen LogP contribution is 2.02. The van der Waals surface area contributed by atoms with E-state index in [2.05, 4.69) is 5.32 Å². The van der Waals surface area contributed by atoms with Crippen molar-refractivity contribution in [3.05, 3.63) is 35.9 Å². The van der Waals surface area contributed by atoms with Crippen molar-refractivity contribution in [1.29, 1.82) is 0 Å². The molecule has 3 N–H and O–H groups in total. The molecule has 0 heterocycles. The van der Waals surface area contributed by atoms with Gasteiger partial charge in [-0.25, -0.2) is 0 Å². The molecule has 4 nitrogen and oxygen atoms in total. The third-order valence-corrected chi connectivity index (χ3v) is 2.96. The smallest absolute Gasteiger partial charge is 0.237 e. The Kier molecular flexibility index (Phi) is 7.92. The minimum atomic E-state index is -0.482. The van der Waals surface area contributed by atoms with Gasteiger partial charge in [-0.15, -0.1) is 0 Å². The molecular formula is C16H26N2O2. The first-order chi connectivity index (χ1) is 9.59. The van der Waals surface area contributed by atoms with E-state index in [0.29, 0.717) is 13.0 Å². The normalized spacial score (nSPS) is 12.4. The summed E-state index contributed by atoms with van der Waals surface area (Å²) in [5.74, 6) is -0.0846. The van der Waals surface area contributed by atoms with Gasteiger partial charge in [0, 0.05) is 13.2 Å². The molecule has 0 radical (unpaired) electrons. The van der Waals surface area contributed by atoms with Gasteiger partial charge in [0.25, 0.3) is 0 Å². The number of benzene rings is 1. The number of hydrogen-bond donors (Lipinski definition) is 2. The van der Waals surface area contributed by atoms with Gasteiger partial charge in [0.1, 0.15) is 0 Å². The molecule has 4 heteroatoms. The van der Waals surface area contributed by atoms with E-state index in [1.807, 2.05) is 44.2 Å². The average Bonchev–Trinajstić information content (AvgIpc) is 2.43. The maximum atomic E-state index is 11.8. The second-order valence-corrected chi connectivity index (χ2v) is 5.21. The number of amides is 1. The minimum Gasteiger partial charge on any atom is -0.379 e. The number of carbonyl (C=O) groups excluding carboxylic acids is 1. The molecule has 112 valence electrons. The summed E-state index contributed by atoms with van der Waals surface area (Å²) >= 11 is 0. The number of rotatable bonds is 9. The van der Waals surface area contributed by atoms with Crippen LogP contribution in [0.25, 0.3) is 0 Å². The molecule has 20 heavy (non-hydrogen) atoms. The number of nitrogens with two attached hydrogens (primary N) is 1. The second-order valence-electron chi connectivity index (χ2n) is 5.21. The van der Waals surface area contributed by atoms with Crippen molar-refractivity contribution in [3.63, 3.8) is 0 Å². The third kappa shape index (κ3) is 7.26. The lowest BCUT2D eigenvalue weighted by molar-refractivity contribution is -0.122. The molecule has 1 unspecified atom stereocenters. The van der Waals surface area contributed by atoms with Crippen LogP contribution in [0, 0.1) is 0 Å². The van der Waals surface area contributed by atoms with E-state index >= 15 is 0 Å². The topological polar surface area (TPSA) is 64.3 Å². The summed E-state index contributed by atoms with van der Waals surface area (Å²) in [6.45, 7) is 5.43. The summed E-state index contributed by atoms with van der Waals surface area (Å²) in [5, 5.41) is 2.87. The van der Waals surface area contributed by atoms with Gasteiger partial charge in [-0.2, -0.15) is 0 Å². The van der Waals surface area contributed by atoms with Crippen LogP contribution in [0.2, 0.25) is 0 Å². The summed E-state index contributed by atoms with van der Waals surface area (Å²) in [4.78, 5) is 11.8. The fourth-order valence-corrected chi connectivity index (χ4v) is 1.85. The molecule has 0 aliphatic heterocycles. The zero-order valence-corrected chi connectivity index (χ0v) is 12.5. The van der Waals surface area contributed by atoms with Gasteiger partial charge < -0.3 is 15.8 Å². The number of hydrogen-bond acceptors (Lipinski definition) is 3. The molecule has 0 saturated heterocycles. The summed E-state index contributed by atoms with van der Waals surface area (Å²) in [5.41, 5.74) is 6.98. The fraction of sp³-hybridized carbons (Fsp3) is 0.562. The van der Waals surface area contributed by atoms with Crippen LogP contribution < -0.4 is 11.1 Å². The van der Waals surface area contributed by atoms with Crippen LogP contribution in [0.15, 0.2) is 30.3 Å². The lowest BCUT2D eigenvalue weighted by Crippen LogP contribution is -2.42. The standard InChI is InChI=1S/C16H26N2O2/c1-13(2)20-11-7-6-10-18-16(19)15(17)12-14-8-4-3-5-9-14/h3-5,8-9,13,15H,6-7,10-12,17H2,1-2H3,(H,18,19). The monoisotopic (exact) mass is 278 g/mol. The van der Waals surface area contributed by atoms with Crippen molar-refractivity contribution >= 4 is 5.91 Å². The lowest BCUT2D eigenvalue weighted by atomic mass is 10.1. The van der Waals surface area contributed by atoms with Gasteiger partial charge in [0.2, 0.25) is 5.91 Å². The van der Waals surface area contributed by atoms with Crippen molar-refractivity contribution in [3.8, 4) is 0 Å². The molecule has 1 atom stereocenters. The molecule has 0 aliphatic carbocycles. The lowest BCUT2D eigenvalue weighted by Gasteiger charge is -2.12. The van der Waals surface area contributed by atoms with Crippen LogP contribution in [0.5, 0.6) is 0 Å². The first-order valence-corrected chi connectivity index (χ1v) is 7.28. The molecule has 0 aliphatic rings. The average molecular weight is 278 g/mol. The quantitative estimate of drug-likeness (QED) is 0.678.